The minimum Gasteiger partial charge on any atom is -0.316 e. The van der Waals surface area contributed by atoms with E-state index in [0.717, 1.165) is 25.9 Å². The molecule has 0 heterocycles. The standard InChI is InChI=1S/C12H17N.C2H6/c1-2-3-10-13-11-9-12-7-5-4-6-8-12;1-2/h2,4-8,13H,1,3,9-11H2;1-2H3. The van der Waals surface area contributed by atoms with Crippen molar-refractivity contribution < 1.29 is 0 Å². The Hall–Kier alpha value is -1.08. The predicted molar refractivity (Wildman–Crippen MR) is 69.2 cm³/mol. The fourth-order valence-electron chi connectivity index (χ4n) is 1.21. The average Bonchev–Trinajstić information content (AvgIpc) is 2.33. The van der Waals surface area contributed by atoms with E-state index in [1.807, 2.05) is 19.9 Å². The minimum atomic E-state index is 1.04. The molecule has 0 unspecified atom stereocenters. The molecule has 84 valence electrons. The molecule has 15 heavy (non-hydrogen) atoms. The van der Waals surface area contributed by atoms with Gasteiger partial charge in [-0.3, -0.25) is 0 Å². The van der Waals surface area contributed by atoms with Gasteiger partial charge in [0.25, 0.3) is 0 Å². The lowest BCUT2D eigenvalue weighted by molar-refractivity contribution is 0.689. The molecule has 1 nitrogen and oxygen atoms in total. The molecule has 0 aromatic heterocycles. The minimum absolute atomic E-state index is 1.04. The molecule has 1 rings (SSSR count). The van der Waals surface area contributed by atoms with Gasteiger partial charge >= 0.3 is 0 Å². The van der Waals surface area contributed by atoms with Gasteiger partial charge in [-0.1, -0.05) is 50.3 Å². The zero-order valence-corrected chi connectivity index (χ0v) is 10.00. The highest BCUT2D eigenvalue weighted by atomic mass is 14.8. The van der Waals surface area contributed by atoms with Crippen molar-refractivity contribution >= 4 is 0 Å². The molecule has 0 bridgehead atoms. The number of benzene rings is 1. The molecule has 0 saturated carbocycles. The maximum Gasteiger partial charge on any atom is -0.000823 e. The Bertz CT molecular complexity index is 228. The van der Waals surface area contributed by atoms with Gasteiger partial charge in [-0.2, -0.15) is 0 Å². The summed E-state index contributed by atoms with van der Waals surface area (Å²) < 4.78 is 0. The van der Waals surface area contributed by atoms with Gasteiger partial charge in [0.05, 0.1) is 0 Å². The van der Waals surface area contributed by atoms with Crippen molar-refractivity contribution in [2.75, 3.05) is 13.1 Å². The summed E-state index contributed by atoms with van der Waals surface area (Å²) in [5.74, 6) is 0. The summed E-state index contributed by atoms with van der Waals surface area (Å²) in [5.41, 5.74) is 1.40. The topological polar surface area (TPSA) is 12.0 Å². The lowest BCUT2D eigenvalue weighted by Crippen LogP contribution is -2.17. The van der Waals surface area contributed by atoms with E-state index in [1.54, 1.807) is 0 Å². The summed E-state index contributed by atoms with van der Waals surface area (Å²) in [6, 6.07) is 10.5. The summed E-state index contributed by atoms with van der Waals surface area (Å²) in [6.07, 6.45) is 4.10. The number of nitrogens with one attached hydrogen (secondary N) is 1. The average molecular weight is 205 g/mol. The lowest BCUT2D eigenvalue weighted by atomic mass is 10.1. The van der Waals surface area contributed by atoms with E-state index in [2.05, 4.69) is 42.2 Å². The molecule has 0 spiro atoms. The molecule has 0 radical (unpaired) electrons. The van der Waals surface area contributed by atoms with Crippen molar-refractivity contribution in [3.05, 3.63) is 48.6 Å². The molecule has 1 heteroatoms. The molecule has 1 N–H and O–H groups in total. The molecule has 0 aliphatic heterocycles. The Morgan fingerprint density at radius 3 is 2.40 bits per heavy atom. The zero-order chi connectivity index (χ0) is 11.4. The molecule has 1 aromatic rings. The van der Waals surface area contributed by atoms with Crippen LogP contribution >= 0.6 is 0 Å². The van der Waals surface area contributed by atoms with Crippen LogP contribution in [0, 0.1) is 0 Å². The van der Waals surface area contributed by atoms with Gasteiger partial charge in [0.15, 0.2) is 0 Å². The smallest absolute Gasteiger partial charge is 0.000823 e. The highest BCUT2D eigenvalue weighted by Crippen LogP contribution is 1.97. The summed E-state index contributed by atoms with van der Waals surface area (Å²) in [5, 5.41) is 3.36. The van der Waals surface area contributed by atoms with Crippen molar-refractivity contribution in [1.29, 1.82) is 0 Å². The van der Waals surface area contributed by atoms with Gasteiger partial charge in [0.1, 0.15) is 0 Å². The molecule has 0 aliphatic rings. The molecular formula is C14H23N. The van der Waals surface area contributed by atoms with E-state index in [1.165, 1.54) is 5.56 Å². The van der Waals surface area contributed by atoms with Crippen LogP contribution in [0.3, 0.4) is 0 Å². The normalized spacial score (nSPS) is 8.93. The summed E-state index contributed by atoms with van der Waals surface area (Å²) in [7, 11) is 0. The quantitative estimate of drug-likeness (QED) is 0.554. The third kappa shape index (κ3) is 7.95. The van der Waals surface area contributed by atoms with Gasteiger partial charge in [-0.25, -0.2) is 0 Å². The second kappa shape index (κ2) is 11.0. The van der Waals surface area contributed by atoms with Gasteiger partial charge < -0.3 is 5.32 Å². The Kier molecular flexibility index (Phi) is 10.2. The van der Waals surface area contributed by atoms with Crippen LogP contribution in [0.5, 0.6) is 0 Å². The highest BCUT2D eigenvalue weighted by molar-refractivity contribution is 5.14. The van der Waals surface area contributed by atoms with Crippen LogP contribution in [0.25, 0.3) is 0 Å². The number of rotatable bonds is 6. The van der Waals surface area contributed by atoms with E-state index < -0.39 is 0 Å². The fourth-order valence-corrected chi connectivity index (χ4v) is 1.21. The van der Waals surface area contributed by atoms with Crippen LogP contribution in [0.15, 0.2) is 43.0 Å². The van der Waals surface area contributed by atoms with Crippen LogP contribution in [0.2, 0.25) is 0 Å². The van der Waals surface area contributed by atoms with Crippen molar-refractivity contribution in [2.45, 2.75) is 26.7 Å². The summed E-state index contributed by atoms with van der Waals surface area (Å²) >= 11 is 0. The van der Waals surface area contributed by atoms with E-state index in [0.29, 0.717) is 0 Å². The molecule has 0 amide bonds. The van der Waals surface area contributed by atoms with E-state index in [9.17, 15) is 0 Å². The number of hydrogen-bond donors (Lipinski definition) is 1. The van der Waals surface area contributed by atoms with Crippen molar-refractivity contribution in [3.8, 4) is 0 Å². The van der Waals surface area contributed by atoms with Crippen molar-refractivity contribution in [1.82, 2.24) is 5.32 Å². The van der Waals surface area contributed by atoms with Crippen LogP contribution < -0.4 is 5.32 Å². The van der Waals surface area contributed by atoms with E-state index in [4.69, 9.17) is 0 Å². The zero-order valence-electron chi connectivity index (χ0n) is 10.00. The largest absolute Gasteiger partial charge is 0.316 e. The van der Waals surface area contributed by atoms with Crippen molar-refractivity contribution in [3.63, 3.8) is 0 Å². The number of hydrogen-bond acceptors (Lipinski definition) is 1. The maximum atomic E-state index is 3.68. The van der Waals surface area contributed by atoms with Gasteiger partial charge in [-0.15, -0.1) is 6.58 Å². The first-order chi connectivity index (χ1) is 7.43. The molecule has 1 aromatic carbocycles. The Morgan fingerprint density at radius 2 is 1.80 bits per heavy atom. The van der Waals surface area contributed by atoms with Crippen LogP contribution in [-0.4, -0.2) is 13.1 Å². The van der Waals surface area contributed by atoms with Gasteiger partial charge in [0.2, 0.25) is 0 Å². The molecular weight excluding hydrogens is 182 g/mol. The third-order valence-corrected chi connectivity index (χ3v) is 1.96. The molecule has 0 fully saturated rings. The second-order valence-electron chi connectivity index (χ2n) is 3.06. The first-order valence-electron chi connectivity index (χ1n) is 5.79. The Labute approximate surface area is 94.2 Å². The predicted octanol–water partition coefficient (Wildman–Crippen LogP) is 3.42. The van der Waals surface area contributed by atoms with Crippen molar-refractivity contribution in [2.24, 2.45) is 0 Å². The third-order valence-electron chi connectivity index (χ3n) is 1.96. The SMILES string of the molecule is C=CCCNCCc1ccccc1.CC. The van der Waals surface area contributed by atoms with Crippen LogP contribution in [0.1, 0.15) is 25.8 Å². The first kappa shape index (κ1) is 13.9. The fraction of sp³-hybridized carbons (Fsp3) is 0.429. The Balaban J connectivity index is 0.000000921. The van der Waals surface area contributed by atoms with Crippen LogP contribution in [0.4, 0.5) is 0 Å². The van der Waals surface area contributed by atoms with E-state index >= 15 is 0 Å². The Morgan fingerprint density at radius 1 is 1.13 bits per heavy atom. The lowest BCUT2D eigenvalue weighted by Gasteiger charge is -2.02. The highest BCUT2D eigenvalue weighted by Gasteiger charge is 1.89. The molecule has 0 saturated heterocycles. The second-order valence-corrected chi connectivity index (χ2v) is 3.06. The van der Waals surface area contributed by atoms with Crippen LogP contribution in [-0.2, 0) is 6.42 Å². The maximum absolute atomic E-state index is 3.68. The molecule has 0 atom stereocenters. The summed E-state index contributed by atoms with van der Waals surface area (Å²) in [6.45, 7) is 9.77. The van der Waals surface area contributed by atoms with E-state index in [-0.39, 0.29) is 0 Å². The molecule has 0 aliphatic carbocycles. The van der Waals surface area contributed by atoms with Gasteiger partial charge in [-0.05, 0) is 31.5 Å². The monoisotopic (exact) mass is 205 g/mol. The van der Waals surface area contributed by atoms with Gasteiger partial charge in [0, 0.05) is 0 Å². The summed E-state index contributed by atoms with van der Waals surface area (Å²) in [4.78, 5) is 0. The first-order valence-corrected chi connectivity index (χ1v) is 5.79.